The highest BCUT2D eigenvalue weighted by Gasteiger charge is 2.08. The lowest BCUT2D eigenvalue weighted by atomic mass is 10.0. The van der Waals surface area contributed by atoms with Crippen molar-refractivity contribution in [1.82, 2.24) is 29.9 Å². The molecule has 0 atom stereocenters. The van der Waals surface area contributed by atoms with E-state index in [0.717, 1.165) is 78.3 Å². The van der Waals surface area contributed by atoms with Gasteiger partial charge in [-0.3, -0.25) is 29.9 Å². The number of rotatable bonds is 11. The van der Waals surface area contributed by atoms with Crippen LogP contribution >= 0.6 is 0 Å². The summed E-state index contributed by atoms with van der Waals surface area (Å²) < 4.78 is 12.3. The molecule has 8 aromatic rings. The third-order valence-electron chi connectivity index (χ3n) is 8.58. The van der Waals surface area contributed by atoms with E-state index < -0.39 is 0 Å². The first-order valence-electron chi connectivity index (χ1n) is 16.8. The minimum Gasteiger partial charge on any atom is -0.489 e. The molecule has 8 heteroatoms. The lowest BCUT2D eigenvalue weighted by Gasteiger charge is -2.10. The van der Waals surface area contributed by atoms with Crippen LogP contribution in [0.4, 0.5) is 0 Å². The Morgan fingerprint density at radius 3 is 1.04 bits per heavy atom. The van der Waals surface area contributed by atoms with Crippen LogP contribution in [0.5, 0.6) is 11.5 Å². The third kappa shape index (κ3) is 7.72. The van der Waals surface area contributed by atoms with Crippen LogP contribution in [0.25, 0.3) is 55.6 Å². The van der Waals surface area contributed by atoms with Crippen molar-refractivity contribution in [3.05, 3.63) is 183 Å². The molecule has 0 unspecified atom stereocenters. The molecule has 52 heavy (non-hydrogen) atoms. The highest BCUT2D eigenvalue weighted by atomic mass is 16.5. The van der Waals surface area contributed by atoms with Gasteiger partial charge in [-0.15, -0.1) is 0 Å². The molecule has 6 heterocycles. The van der Waals surface area contributed by atoms with E-state index in [1.165, 1.54) is 0 Å². The summed E-state index contributed by atoms with van der Waals surface area (Å²) in [7, 11) is 0. The van der Waals surface area contributed by atoms with Gasteiger partial charge in [0.25, 0.3) is 0 Å². The summed E-state index contributed by atoms with van der Waals surface area (Å²) >= 11 is 0. The Hall–Kier alpha value is -7.06. The van der Waals surface area contributed by atoms with Crippen LogP contribution in [-0.4, -0.2) is 29.9 Å². The van der Waals surface area contributed by atoms with Crippen LogP contribution < -0.4 is 9.47 Å². The van der Waals surface area contributed by atoms with Gasteiger partial charge in [-0.1, -0.05) is 36.4 Å². The highest BCUT2D eigenvalue weighted by Crippen LogP contribution is 2.29. The molecule has 2 aromatic carbocycles. The monoisotopic (exact) mass is 676 g/mol. The average Bonchev–Trinajstić information content (AvgIpc) is 3.23. The second-order valence-electron chi connectivity index (χ2n) is 12.2. The molecule has 6 aromatic heterocycles. The molecule has 0 saturated heterocycles. The van der Waals surface area contributed by atoms with E-state index in [0.29, 0.717) is 13.2 Å². The minimum absolute atomic E-state index is 0.398. The number of aromatic nitrogens is 6. The molecule has 0 N–H and O–H groups in total. The summed E-state index contributed by atoms with van der Waals surface area (Å²) in [5.41, 5.74) is 12.1. The second kappa shape index (κ2) is 15.2. The molecule has 0 radical (unpaired) electrons. The maximum absolute atomic E-state index is 6.13. The first-order chi connectivity index (χ1) is 25.7. The predicted octanol–water partition coefficient (Wildman–Crippen LogP) is 9.55. The molecule has 0 aliphatic rings. The van der Waals surface area contributed by atoms with Gasteiger partial charge in [0.15, 0.2) is 0 Å². The van der Waals surface area contributed by atoms with Gasteiger partial charge in [0, 0.05) is 130 Å². The summed E-state index contributed by atoms with van der Waals surface area (Å²) in [6, 6.07) is 32.4. The van der Waals surface area contributed by atoms with Crippen molar-refractivity contribution >= 4 is 0 Å². The molecule has 0 aliphatic carbocycles. The van der Waals surface area contributed by atoms with E-state index in [2.05, 4.69) is 78.4 Å². The van der Waals surface area contributed by atoms with Gasteiger partial charge in [-0.2, -0.15) is 0 Å². The van der Waals surface area contributed by atoms with Crippen LogP contribution in [0.1, 0.15) is 11.1 Å². The number of ether oxygens (including phenoxy) is 2. The zero-order valence-electron chi connectivity index (χ0n) is 28.1. The molecule has 0 bridgehead atoms. The average molecular weight is 677 g/mol. The molecule has 8 nitrogen and oxygen atoms in total. The molecule has 0 fully saturated rings. The van der Waals surface area contributed by atoms with Crippen molar-refractivity contribution in [3.63, 3.8) is 0 Å². The van der Waals surface area contributed by atoms with Crippen molar-refractivity contribution < 1.29 is 9.47 Å². The van der Waals surface area contributed by atoms with E-state index >= 15 is 0 Å². The largest absolute Gasteiger partial charge is 0.489 e. The molecular formula is C44H32N6O2. The Labute approximate surface area is 301 Å². The van der Waals surface area contributed by atoms with Gasteiger partial charge in [0.2, 0.25) is 0 Å². The number of hydrogen-bond donors (Lipinski definition) is 0. The maximum atomic E-state index is 6.13. The van der Waals surface area contributed by atoms with E-state index in [1.54, 1.807) is 12.4 Å². The second-order valence-corrected chi connectivity index (χ2v) is 12.2. The Bertz CT molecular complexity index is 2230. The summed E-state index contributed by atoms with van der Waals surface area (Å²) in [4.78, 5) is 26.3. The summed E-state index contributed by atoms with van der Waals surface area (Å²) in [5, 5.41) is 0. The standard InChI is InChI=1S/C44H32N6O2/c1-3-35(21-45-13-1)39-17-41(27-49-25-39)37-15-31(19-47-23-37)29-51-43-9-5-33(6-10-43)34-7-11-44(12-8-34)52-30-32-16-38(24-48-20-32)42-18-40(26-50-28-42)36-4-2-14-46-22-36/h1-28H,29-30H2. The van der Waals surface area contributed by atoms with Gasteiger partial charge >= 0.3 is 0 Å². The van der Waals surface area contributed by atoms with Crippen molar-refractivity contribution in [2.24, 2.45) is 0 Å². The predicted molar refractivity (Wildman–Crippen MR) is 202 cm³/mol. The van der Waals surface area contributed by atoms with Crippen molar-refractivity contribution in [1.29, 1.82) is 0 Å². The van der Waals surface area contributed by atoms with Crippen molar-refractivity contribution in [2.75, 3.05) is 0 Å². The van der Waals surface area contributed by atoms with E-state index in [4.69, 9.17) is 9.47 Å². The zero-order chi connectivity index (χ0) is 35.0. The number of nitrogens with zero attached hydrogens (tertiary/aromatic N) is 6. The summed E-state index contributed by atoms with van der Waals surface area (Å²) in [6.45, 7) is 0.796. The van der Waals surface area contributed by atoms with Gasteiger partial charge in [0.05, 0.1) is 0 Å². The quantitative estimate of drug-likeness (QED) is 0.134. The summed E-state index contributed by atoms with van der Waals surface area (Å²) in [6.07, 6.45) is 21.9. The Morgan fingerprint density at radius 2 is 0.654 bits per heavy atom. The minimum atomic E-state index is 0.398. The SMILES string of the molecule is c1cncc(-c2cncc(-c3cncc(COc4ccc(-c5ccc(OCc6cncc(-c7cncc(-c8cccnc8)c7)c6)cc5)cc4)c3)c2)c1. The first kappa shape index (κ1) is 32.2. The normalized spacial score (nSPS) is 10.8. The Kier molecular flexibility index (Phi) is 9.42. The molecular weight excluding hydrogens is 645 g/mol. The van der Waals surface area contributed by atoms with Gasteiger partial charge in [0.1, 0.15) is 24.7 Å². The van der Waals surface area contributed by atoms with Crippen LogP contribution in [0.2, 0.25) is 0 Å². The smallest absolute Gasteiger partial charge is 0.119 e. The molecule has 0 aliphatic heterocycles. The Morgan fingerprint density at radius 1 is 0.308 bits per heavy atom. The van der Waals surface area contributed by atoms with Crippen LogP contribution in [0.3, 0.4) is 0 Å². The lowest BCUT2D eigenvalue weighted by molar-refractivity contribution is 0.305. The zero-order valence-corrected chi connectivity index (χ0v) is 28.1. The van der Waals surface area contributed by atoms with Gasteiger partial charge in [-0.25, -0.2) is 0 Å². The van der Waals surface area contributed by atoms with Crippen LogP contribution in [0, 0.1) is 0 Å². The molecule has 250 valence electrons. The number of benzene rings is 2. The first-order valence-corrected chi connectivity index (χ1v) is 16.8. The highest BCUT2D eigenvalue weighted by molar-refractivity contribution is 5.72. The van der Waals surface area contributed by atoms with Crippen LogP contribution in [0.15, 0.2) is 171 Å². The fourth-order valence-corrected chi connectivity index (χ4v) is 5.85. The van der Waals surface area contributed by atoms with Crippen molar-refractivity contribution in [3.8, 4) is 67.1 Å². The summed E-state index contributed by atoms with van der Waals surface area (Å²) in [5.74, 6) is 1.56. The van der Waals surface area contributed by atoms with Gasteiger partial charge < -0.3 is 9.47 Å². The van der Waals surface area contributed by atoms with E-state index in [1.807, 2.05) is 110 Å². The topological polar surface area (TPSA) is 95.8 Å². The van der Waals surface area contributed by atoms with E-state index in [-0.39, 0.29) is 0 Å². The fraction of sp³-hybridized carbons (Fsp3) is 0.0455. The molecule has 8 rings (SSSR count). The van der Waals surface area contributed by atoms with E-state index in [9.17, 15) is 0 Å². The molecule has 0 saturated carbocycles. The molecule has 0 amide bonds. The van der Waals surface area contributed by atoms with Crippen LogP contribution in [-0.2, 0) is 13.2 Å². The third-order valence-corrected chi connectivity index (χ3v) is 8.58. The maximum Gasteiger partial charge on any atom is 0.119 e. The number of hydrogen-bond acceptors (Lipinski definition) is 8. The van der Waals surface area contributed by atoms with Crippen molar-refractivity contribution in [2.45, 2.75) is 13.2 Å². The fourth-order valence-electron chi connectivity index (χ4n) is 5.85. The van der Waals surface area contributed by atoms with Gasteiger partial charge in [-0.05, 0) is 71.8 Å². The lowest BCUT2D eigenvalue weighted by Crippen LogP contribution is -1.97. The molecule has 0 spiro atoms. The Balaban J connectivity index is 0.866. The number of pyridine rings is 6.